The van der Waals surface area contributed by atoms with E-state index in [0.29, 0.717) is 6.04 Å². The van der Waals surface area contributed by atoms with Gasteiger partial charge in [-0.2, -0.15) is 0 Å². The van der Waals surface area contributed by atoms with E-state index in [1.54, 1.807) is 0 Å². The van der Waals surface area contributed by atoms with E-state index >= 15 is 0 Å². The lowest BCUT2D eigenvalue weighted by Gasteiger charge is -2.24. The van der Waals surface area contributed by atoms with Gasteiger partial charge in [-0.15, -0.1) is 0 Å². The van der Waals surface area contributed by atoms with Crippen LogP contribution in [0.15, 0.2) is 0 Å². The molecule has 2 nitrogen and oxygen atoms in total. The Morgan fingerprint density at radius 1 is 1.19 bits per heavy atom. The summed E-state index contributed by atoms with van der Waals surface area (Å²) in [6, 6.07) is 1.39. The minimum atomic E-state index is 0.623. The van der Waals surface area contributed by atoms with Crippen LogP contribution in [0.3, 0.4) is 0 Å². The van der Waals surface area contributed by atoms with Crippen LogP contribution >= 0.6 is 0 Å². The van der Waals surface area contributed by atoms with E-state index < -0.39 is 0 Å². The van der Waals surface area contributed by atoms with Gasteiger partial charge in [0, 0.05) is 18.6 Å². The summed E-state index contributed by atoms with van der Waals surface area (Å²) in [6.45, 7) is 5.79. The number of nitrogens with zero attached hydrogens (tertiary/aromatic N) is 1. The molecule has 1 aliphatic rings. The molecular weight excluding hydrogens is 196 g/mol. The predicted octanol–water partition coefficient (Wildman–Crippen LogP) is 2.89. The molecule has 16 heavy (non-hydrogen) atoms. The highest BCUT2D eigenvalue weighted by Crippen LogP contribution is 2.25. The fraction of sp³-hybridized carbons (Fsp3) is 1.00. The molecule has 0 bridgehead atoms. The molecule has 1 N–H and O–H groups in total. The number of rotatable bonds is 5. The molecule has 2 heteroatoms. The van der Waals surface area contributed by atoms with Crippen LogP contribution in [0, 0.1) is 5.92 Å². The summed E-state index contributed by atoms with van der Waals surface area (Å²) in [7, 11) is 4.30. The van der Waals surface area contributed by atoms with Crippen LogP contribution in [0.2, 0.25) is 0 Å². The van der Waals surface area contributed by atoms with Crippen molar-refractivity contribution in [3.05, 3.63) is 0 Å². The number of likely N-dealkylation sites (N-methyl/N-ethyl adjacent to an activating group) is 1. The van der Waals surface area contributed by atoms with Gasteiger partial charge in [0.15, 0.2) is 0 Å². The third-order valence-corrected chi connectivity index (χ3v) is 3.82. The third kappa shape index (κ3) is 5.31. The van der Waals surface area contributed by atoms with Crippen molar-refractivity contribution in [2.45, 2.75) is 64.5 Å². The molecule has 0 heterocycles. The number of nitrogens with one attached hydrogen (secondary N) is 1. The van der Waals surface area contributed by atoms with Gasteiger partial charge in [0.25, 0.3) is 0 Å². The molecule has 0 spiro atoms. The molecule has 0 amide bonds. The Labute approximate surface area is 102 Å². The lowest BCUT2D eigenvalue weighted by molar-refractivity contribution is 0.315. The molecule has 0 saturated heterocycles. The Morgan fingerprint density at radius 3 is 2.56 bits per heavy atom. The van der Waals surface area contributed by atoms with Crippen LogP contribution < -0.4 is 5.32 Å². The first-order chi connectivity index (χ1) is 7.61. The SMILES string of the molecule is CCC1CCCC(NC(C)CN(C)C)CC1. The normalized spacial score (nSPS) is 29.1. The molecule has 96 valence electrons. The van der Waals surface area contributed by atoms with Crippen molar-refractivity contribution in [2.24, 2.45) is 5.92 Å². The van der Waals surface area contributed by atoms with Crippen LogP contribution in [0.5, 0.6) is 0 Å². The highest BCUT2D eigenvalue weighted by atomic mass is 15.1. The van der Waals surface area contributed by atoms with Gasteiger partial charge in [-0.05, 0) is 46.2 Å². The fourth-order valence-electron chi connectivity index (χ4n) is 2.96. The Bertz CT molecular complexity index is 180. The molecule has 1 saturated carbocycles. The first-order valence-corrected chi connectivity index (χ1v) is 7.02. The van der Waals surface area contributed by atoms with Crippen molar-refractivity contribution >= 4 is 0 Å². The largest absolute Gasteiger partial charge is 0.310 e. The average Bonchev–Trinajstić information content (AvgIpc) is 2.41. The highest BCUT2D eigenvalue weighted by Gasteiger charge is 2.18. The summed E-state index contributed by atoms with van der Waals surface area (Å²) in [5.41, 5.74) is 0. The van der Waals surface area contributed by atoms with Gasteiger partial charge >= 0.3 is 0 Å². The molecule has 0 aliphatic heterocycles. The third-order valence-electron chi connectivity index (χ3n) is 3.82. The van der Waals surface area contributed by atoms with Crippen LogP contribution in [0.4, 0.5) is 0 Å². The Kier molecular flexibility index (Phi) is 6.37. The maximum atomic E-state index is 3.79. The minimum Gasteiger partial charge on any atom is -0.310 e. The Balaban J connectivity index is 2.26. The zero-order valence-electron chi connectivity index (χ0n) is 11.6. The van der Waals surface area contributed by atoms with Crippen molar-refractivity contribution in [1.82, 2.24) is 10.2 Å². The summed E-state index contributed by atoms with van der Waals surface area (Å²) in [4.78, 5) is 2.27. The zero-order chi connectivity index (χ0) is 12.0. The van der Waals surface area contributed by atoms with E-state index in [-0.39, 0.29) is 0 Å². The van der Waals surface area contributed by atoms with Crippen molar-refractivity contribution in [1.29, 1.82) is 0 Å². The van der Waals surface area contributed by atoms with Crippen molar-refractivity contribution in [3.63, 3.8) is 0 Å². The van der Waals surface area contributed by atoms with Crippen LogP contribution in [0.1, 0.15) is 52.4 Å². The molecule has 0 aromatic rings. The van der Waals surface area contributed by atoms with E-state index in [4.69, 9.17) is 0 Å². The second-order valence-corrected chi connectivity index (χ2v) is 5.81. The highest BCUT2D eigenvalue weighted by molar-refractivity contribution is 4.77. The van der Waals surface area contributed by atoms with Gasteiger partial charge in [-0.3, -0.25) is 0 Å². The van der Waals surface area contributed by atoms with Crippen molar-refractivity contribution in [2.75, 3.05) is 20.6 Å². The molecule has 0 radical (unpaired) electrons. The van der Waals surface area contributed by atoms with Crippen LogP contribution in [0.25, 0.3) is 0 Å². The van der Waals surface area contributed by atoms with Gasteiger partial charge in [0.05, 0.1) is 0 Å². The molecule has 1 aliphatic carbocycles. The summed E-state index contributed by atoms with van der Waals surface area (Å²) in [6.07, 6.45) is 8.45. The molecule has 1 fully saturated rings. The van der Waals surface area contributed by atoms with Crippen LogP contribution in [-0.2, 0) is 0 Å². The van der Waals surface area contributed by atoms with E-state index in [9.17, 15) is 0 Å². The summed E-state index contributed by atoms with van der Waals surface area (Å²) >= 11 is 0. The topological polar surface area (TPSA) is 15.3 Å². The second-order valence-electron chi connectivity index (χ2n) is 5.81. The minimum absolute atomic E-state index is 0.623. The molecule has 1 rings (SSSR count). The van der Waals surface area contributed by atoms with Gasteiger partial charge in [0.2, 0.25) is 0 Å². The summed E-state index contributed by atoms with van der Waals surface area (Å²) < 4.78 is 0. The van der Waals surface area contributed by atoms with Crippen molar-refractivity contribution in [3.8, 4) is 0 Å². The van der Waals surface area contributed by atoms with E-state index in [2.05, 4.69) is 38.2 Å². The van der Waals surface area contributed by atoms with E-state index in [1.165, 1.54) is 38.5 Å². The standard InChI is InChI=1S/C14H30N2/c1-5-13-7-6-8-14(10-9-13)15-12(2)11-16(3)4/h12-15H,5-11H2,1-4H3. The van der Waals surface area contributed by atoms with Gasteiger partial charge in [0.1, 0.15) is 0 Å². The van der Waals surface area contributed by atoms with Gasteiger partial charge in [-0.25, -0.2) is 0 Å². The quantitative estimate of drug-likeness (QED) is 0.725. The predicted molar refractivity (Wildman–Crippen MR) is 71.8 cm³/mol. The molecule has 3 atom stereocenters. The Hall–Kier alpha value is -0.0800. The van der Waals surface area contributed by atoms with Gasteiger partial charge < -0.3 is 10.2 Å². The van der Waals surface area contributed by atoms with Crippen LogP contribution in [-0.4, -0.2) is 37.6 Å². The maximum absolute atomic E-state index is 3.79. The van der Waals surface area contributed by atoms with E-state index in [1.807, 2.05) is 0 Å². The number of hydrogen-bond acceptors (Lipinski definition) is 2. The molecule has 3 unspecified atom stereocenters. The summed E-state index contributed by atoms with van der Waals surface area (Å²) in [5, 5.41) is 3.79. The molecule has 0 aromatic carbocycles. The lowest BCUT2D eigenvalue weighted by atomic mass is 9.98. The lowest BCUT2D eigenvalue weighted by Crippen LogP contribution is -2.41. The molecule has 0 aromatic heterocycles. The zero-order valence-corrected chi connectivity index (χ0v) is 11.6. The average molecular weight is 226 g/mol. The molecular formula is C14H30N2. The monoisotopic (exact) mass is 226 g/mol. The maximum Gasteiger partial charge on any atom is 0.0169 e. The fourth-order valence-corrected chi connectivity index (χ4v) is 2.96. The Morgan fingerprint density at radius 2 is 1.94 bits per heavy atom. The van der Waals surface area contributed by atoms with Crippen molar-refractivity contribution < 1.29 is 0 Å². The first kappa shape index (κ1) is 14.0. The van der Waals surface area contributed by atoms with Gasteiger partial charge in [-0.1, -0.05) is 26.2 Å². The second kappa shape index (κ2) is 7.29. The van der Waals surface area contributed by atoms with E-state index in [0.717, 1.165) is 18.5 Å². The number of hydrogen-bond donors (Lipinski definition) is 1. The first-order valence-electron chi connectivity index (χ1n) is 7.02. The summed E-state index contributed by atoms with van der Waals surface area (Å²) in [5.74, 6) is 0.996. The smallest absolute Gasteiger partial charge is 0.0169 e.